The summed E-state index contributed by atoms with van der Waals surface area (Å²) in [7, 11) is -1.48. The van der Waals surface area contributed by atoms with Gasteiger partial charge in [-0.05, 0) is 20.3 Å². The summed E-state index contributed by atoms with van der Waals surface area (Å²) in [4.78, 5) is 0. The van der Waals surface area contributed by atoms with Gasteiger partial charge in [0, 0.05) is 12.6 Å². The zero-order valence-electron chi connectivity index (χ0n) is 14.0. The van der Waals surface area contributed by atoms with Crippen molar-refractivity contribution in [2.75, 3.05) is 64.9 Å². The Morgan fingerprint density at radius 3 is 1.73 bits per heavy atom. The summed E-state index contributed by atoms with van der Waals surface area (Å²) in [5.74, 6) is 0.110. The van der Waals surface area contributed by atoms with E-state index in [9.17, 15) is 8.42 Å². The van der Waals surface area contributed by atoms with Crippen LogP contribution in [0.5, 0.6) is 0 Å². The van der Waals surface area contributed by atoms with Crippen molar-refractivity contribution >= 4 is 9.84 Å². The van der Waals surface area contributed by atoms with Crippen molar-refractivity contribution in [1.29, 1.82) is 0 Å². The van der Waals surface area contributed by atoms with Crippen LogP contribution in [0.1, 0.15) is 20.3 Å². The van der Waals surface area contributed by atoms with E-state index in [4.69, 9.17) is 24.7 Å². The van der Waals surface area contributed by atoms with Crippen LogP contribution in [0.3, 0.4) is 0 Å². The van der Waals surface area contributed by atoms with Gasteiger partial charge in [0.2, 0.25) is 0 Å². The molecule has 0 aromatic carbocycles. The molecular weight excluding hydrogens is 310 g/mol. The number of ether oxygens (including phenoxy) is 4. The normalized spacial score (nSPS) is 12.7. The number of nitrogens with two attached hydrogens (primary N) is 1. The van der Waals surface area contributed by atoms with E-state index < -0.39 is 15.4 Å². The molecule has 0 saturated heterocycles. The minimum absolute atomic E-state index is 0.0171. The first-order chi connectivity index (χ1) is 10.3. The first-order valence-corrected chi connectivity index (χ1v) is 9.30. The smallest absolute Gasteiger partial charge is 0.152 e. The Labute approximate surface area is 134 Å². The van der Waals surface area contributed by atoms with Crippen LogP contribution in [0.25, 0.3) is 0 Å². The van der Waals surface area contributed by atoms with E-state index in [0.717, 1.165) is 0 Å². The Kier molecular flexibility index (Phi) is 12.1. The molecule has 0 fully saturated rings. The van der Waals surface area contributed by atoms with Crippen molar-refractivity contribution in [3.05, 3.63) is 0 Å². The van der Waals surface area contributed by atoms with Gasteiger partial charge in [0.05, 0.1) is 57.8 Å². The van der Waals surface area contributed by atoms with Gasteiger partial charge < -0.3 is 24.7 Å². The second-order valence-electron chi connectivity index (χ2n) is 5.72. The Morgan fingerprint density at radius 1 is 0.818 bits per heavy atom. The predicted octanol–water partition coefficient (Wildman–Crippen LogP) is 0.225. The van der Waals surface area contributed by atoms with Gasteiger partial charge in [-0.3, -0.25) is 0 Å². The third-order valence-electron chi connectivity index (χ3n) is 2.77. The molecule has 0 radical (unpaired) electrons. The highest BCUT2D eigenvalue weighted by atomic mass is 32.2. The van der Waals surface area contributed by atoms with Gasteiger partial charge in [-0.2, -0.15) is 0 Å². The third kappa shape index (κ3) is 16.1. The lowest BCUT2D eigenvalue weighted by molar-refractivity contribution is 0.00555. The second kappa shape index (κ2) is 12.2. The average Bonchev–Trinajstić information content (AvgIpc) is 2.42. The molecule has 0 aliphatic rings. The Balaban J connectivity index is 3.42. The maximum absolute atomic E-state index is 11.7. The topological polar surface area (TPSA) is 97.1 Å². The Morgan fingerprint density at radius 2 is 1.27 bits per heavy atom. The minimum atomic E-state index is -3.10. The van der Waals surface area contributed by atoms with E-state index in [1.54, 1.807) is 7.11 Å². The molecule has 0 unspecified atom stereocenters. The molecule has 0 aliphatic heterocycles. The molecule has 0 aromatic rings. The standard InChI is InChI=1S/C14H31NO6S/c1-14(2,15)4-12-22(16,17)13-11-21-10-9-20-8-7-19-6-5-18-3/h4-13,15H2,1-3H3. The SMILES string of the molecule is COCCOCCOCCOCCS(=O)(=O)CCC(C)(C)N. The average molecular weight is 341 g/mol. The number of rotatable bonds is 15. The molecule has 134 valence electrons. The van der Waals surface area contributed by atoms with Crippen LogP contribution < -0.4 is 5.73 Å². The molecule has 0 rings (SSSR count). The molecule has 2 N–H and O–H groups in total. The number of hydrogen-bond donors (Lipinski definition) is 1. The fourth-order valence-electron chi connectivity index (χ4n) is 1.39. The summed E-state index contributed by atoms with van der Waals surface area (Å²) in [6.45, 7) is 6.71. The summed E-state index contributed by atoms with van der Waals surface area (Å²) in [5.41, 5.74) is 5.31. The van der Waals surface area contributed by atoms with Crippen LogP contribution in [0.4, 0.5) is 0 Å². The van der Waals surface area contributed by atoms with Gasteiger partial charge in [0.1, 0.15) is 0 Å². The molecule has 0 bridgehead atoms. The third-order valence-corrected chi connectivity index (χ3v) is 4.39. The number of methoxy groups -OCH3 is 1. The minimum Gasteiger partial charge on any atom is -0.382 e. The van der Waals surface area contributed by atoms with E-state index in [2.05, 4.69) is 0 Å². The van der Waals surface area contributed by atoms with E-state index in [1.165, 1.54) is 0 Å². The highest BCUT2D eigenvalue weighted by Crippen LogP contribution is 2.06. The van der Waals surface area contributed by atoms with Crippen LogP contribution >= 0.6 is 0 Å². The lowest BCUT2D eigenvalue weighted by Gasteiger charge is -2.17. The monoisotopic (exact) mass is 341 g/mol. The summed E-state index contributed by atoms with van der Waals surface area (Å²) in [6.07, 6.45) is 0.446. The van der Waals surface area contributed by atoms with Gasteiger partial charge in [-0.1, -0.05) is 0 Å². The van der Waals surface area contributed by atoms with Gasteiger partial charge >= 0.3 is 0 Å². The van der Waals surface area contributed by atoms with E-state index in [0.29, 0.717) is 46.1 Å². The molecule has 7 nitrogen and oxygen atoms in total. The van der Waals surface area contributed by atoms with Crippen molar-refractivity contribution in [2.45, 2.75) is 25.8 Å². The van der Waals surface area contributed by atoms with Crippen LogP contribution in [0.15, 0.2) is 0 Å². The summed E-state index contributed by atoms with van der Waals surface area (Å²) >= 11 is 0. The van der Waals surface area contributed by atoms with Crippen molar-refractivity contribution in [3.63, 3.8) is 0 Å². The van der Waals surface area contributed by atoms with Crippen molar-refractivity contribution in [2.24, 2.45) is 5.73 Å². The number of sulfone groups is 1. The first-order valence-electron chi connectivity index (χ1n) is 7.48. The molecule has 0 saturated carbocycles. The molecule has 0 aromatic heterocycles. The van der Waals surface area contributed by atoms with Crippen LogP contribution in [-0.2, 0) is 28.8 Å². The quantitative estimate of drug-likeness (QED) is 0.426. The second-order valence-corrected chi connectivity index (χ2v) is 8.02. The maximum atomic E-state index is 11.7. The van der Waals surface area contributed by atoms with Crippen molar-refractivity contribution in [3.8, 4) is 0 Å². The first kappa shape index (κ1) is 21.8. The highest BCUT2D eigenvalue weighted by molar-refractivity contribution is 7.91. The summed E-state index contributed by atoms with van der Waals surface area (Å²) in [6, 6.07) is 0. The molecular formula is C14H31NO6S. The molecule has 0 atom stereocenters. The highest BCUT2D eigenvalue weighted by Gasteiger charge is 2.17. The maximum Gasteiger partial charge on any atom is 0.152 e. The Bertz CT molecular complexity index is 353. The zero-order chi connectivity index (χ0) is 16.9. The molecule has 0 aliphatic carbocycles. The molecule has 8 heteroatoms. The van der Waals surface area contributed by atoms with Crippen LogP contribution in [-0.4, -0.2) is 78.8 Å². The largest absolute Gasteiger partial charge is 0.382 e. The predicted molar refractivity (Wildman–Crippen MR) is 85.9 cm³/mol. The van der Waals surface area contributed by atoms with Crippen molar-refractivity contribution < 1.29 is 27.4 Å². The molecule has 22 heavy (non-hydrogen) atoms. The Hall–Kier alpha value is -0.250. The summed E-state index contributed by atoms with van der Waals surface area (Å²) < 4.78 is 44.1. The zero-order valence-corrected chi connectivity index (χ0v) is 14.8. The fraction of sp³-hybridized carbons (Fsp3) is 1.00. The lowest BCUT2D eigenvalue weighted by atomic mass is 10.0. The van der Waals surface area contributed by atoms with E-state index >= 15 is 0 Å². The van der Waals surface area contributed by atoms with Gasteiger partial charge in [0.15, 0.2) is 9.84 Å². The molecule has 0 spiro atoms. The van der Waals surface area contributed by atoms with Gasteiger partial charge in [0.25, 0.3) is 0 Å². The van der Waals surface area contributed by atoms with Crippen molar-refractivity contribution in [1.82, 2.24) is 0 Å². The van der Waals surface area contributed by atoms with E-state index in [-0.39, 0.29) is 18.1 Å². The lowest BCUT2D eigenvalue weighted by Crippen LogP contribution is -2.34. The summed E-state index contributed by atoms with van der Waals surface area (Å²) in [5, 5.41) is 0. The fourth-order valence-corrected chi connectivity index (χ4v) is 2.80. The van der Waals surface area contributed by atoms with Gasteiger partial charge in [-0.25, -0.2) is 8.42 Å². The molecule has 0 amide bonds. The van der Waals surface area contributed by atoms with Crippen LogP contribution in [0, 0.1) is 0 Å². The van der Waals surface area contributed by atoms with Crippen LogP contribution in [0.2, 0.25) is 0 Å². The van der Waals surface area contributed by atoms with E-state index in [1.807, 2.05) is 13.8 Å². The number of hydrogen-bond acceptors (Lipinski definition) is 7. The molecule has 0 heterocycles. The van der Waals surface area contributed by atoms with Gasteiger partial charge in [-0.15, -0.1) is 0 Å².